The Kier molecular flexibility index (Phi) is 7.45. The highest BCUT2D eigenvalue weighted by Gasteiger charge is 2.13. The van der Waals surface area contributed by atoms with Crippen molar-refractivity contribution in [2.75, 3.05) is 11.9 Å². The molecule has 152 valence electrons. The van der Waals surface area contributed by atoms with Crippen LogP contribution < -0.4 is 14.8 Å². The van der Waals surface area contributed by atoms with Gasteiger partial charge >= 0.3 is 0 Å². The first-order valence-electron chi connectivity index (χ1n) is 9.60. The lowest BCUT2D eigenvalue weighted by molar-refractivity contribution is 0.267. The van der Waals surface area contributed by atoms with Gasteiger partial charge in [0.05, 0.1) is 11.1 Å². The SMILES string of the molecule is CCOc1cc(CNc2cc(Cl)ccc2C)cc(Br)c1OCc1ccc(C)cc1. The maximum Gasteiger partial charge on any atom is 0.175 e. The maximum absolute atomic E-state index is 6.12. The van der Waals surface area contributed by atoms with E-state index < -0.39 is 0 Å². The van der Waals surface area contributed by atoms with Gasteiger partial charge in [0, 0.05) is 17.3 Å². The number of hydrogen-bond acceptors (Lipinski definition) is 3. The third-order valence-corrected chi connectivity index (χ3v) is 5.38. The van der Waals surface area contributed by atoms with Crippen molar-refractivity contribution in [3.8, 4) is 11.5 Å². The number of hydrogen-bond donors (Lipinski definition) is 1. The molecule has 29 heavy (non-hydrogen) atoms. The zero-order valence-corrected chi connectivity index (χ0v) is 19.2. The van der Waals surface area contributed by atoms with Gasteiger partial charge in [-0.25, -0.2) is 0 Å². The molecule has 3 rings (SSSR count). The Morgan fingerprint density at radius 3 is 2.41 bits per heavy atom. The molecule has 0 heterocycles. The predicted molar refractivity (Wildman–Crippen MR) is 124 cm³/mol. The largest absolute Gasteiger partial charge is 0.490 e. The average Bonchev–Trinajstić information content (AvgIpc) is 2.69. The standard InChI is InChI=1S/C24H25BrClNO2/c1-4-28-23-12-19(14-27-22-13-20(26)10-7-17(22)3)11-21(25)24(23)29-15-18-8-5-16(2)6-9-18/h5-13,27H,4,14-15H2,1-3H3. The zero-order chi connectivity index (χ0) is 20.8. The lowest BCUT2D eigenvalue weighted by Gasteiger charge is -2.17. The summed E-state index contributed by atoms with van der Waals surface area (Å²) in [5.74, 6) is 1.45. The van der Waals surface area contributed by atoms with Crippen LogP contribution in [-0.2, 0) is 13.2 Å². The minimum atomic E-state index is 0.484. The summed E-state index contributed by atoms with van der Waals surface area (Å²) in [7, 11) is 0. The molecule has 0 atom stereocenters. The van der Waals surface area contributed by atoms with Crippen LogP contribution in [0.3, 0.4) is 0 Å². The highest BCUT2D eigenvalue weighted by molar-refractivity contribution is 9.10. The molecule has 0 saturated heterocycles. The van der Waals surface area contributed by atoms with Crippen LogP contribution in [0.1, 0.15) is 29.2 Å². The van der Waals surface area contributed by atoms with Crippen molar-refractivity contribution in [3.05, 3.63) is 86.3 Å². The van der Waals surface area contributed by atoms with Crippen LogP contribution in [0.2, 0.25) is 5.02 Å². The molecular weight excluding hydrogens is 450 g/mol. The minimum absolute atomic E-state index is 0.484. The van der Waals surface area contributed by atoms with Crippen molar-refractivity contribution >= 4 is 33.2 Å². The molecule has 5 heteroatoms. The van der Waals surface area contributed by atoms with E-state index in [2.05, 4.69) is 65.4 Å². The van der Waals surface area contributed by atoms with Crippen molar-refractivity contribution in [2.45, 2.75) is 33.9 Å². The van der Waals surface area contributed by atoms with Crippen molar-refractivity contribution in [2.24, 2.45) is 0 Å². The molecule has 0 spiro atoms. The van der Waals surface area contributed by atoms with Gasteiger partial charge < -0.3 is 14.8 Å². The summed E-state index contributed by atoms with van der Waals surface area (Å²) < 4.78 is 12.8. The minimum Gasteiger partial charge on any atom is -0.490 e. The van der Waals surface area contributed by atoms with E-state index in [1.807, 2.05) is 31.2 Å². The van der Waals surface area contributed by atoms with Crippen LogP contribution in [0, 0.1) is 13.8 Å². The third-order valence-electron chi connectivity index (χ3n) is 4.56. The van der Waals surface area contributed by atoms with E-state index in [9.17, 15) is 0 Å². The number of anilines is 1. The third kappa shape index (κ3) is 5.91. The molecule has 0 aliphatic carbocycles. The second-order valence-electron chi connectivity index (χ2n) is 6.92. The predicted octanol–water partition coefficient (Wildman–Crippen LogP) is 7.31. The number of ether oxygens (including phenoxy) is 2. The van der Waals surface area contributed by atoms with Crippen molar-refractivity contribution in [3.63, 3.8) is 0 Å². The Morgan fingerprint density at radius 1 is 0.931 bits per heavy atom. The fourth-order valence-electron chi connectivity index (χ4n) is 2.95. The molecule has 0 amide bonds. The molecule has 0 aliphatic rings. The number of benzene rings is 3. The lowest BCUT2D eigenvalue weighted by atomic mass is 10.1. The molecule has 0 bridgehead atoms. The molecule has 3 nitrogen and oxygen atoms in total. The van der Waals surface area contributed by atoms with Gasteiger partial charge in [-0.15, -0.1) is 0 Å². The molecule has 3 aromatic rings. The molecule has 0 radical (unpaired) electrons. The summed E-state index contributed by atoms with van der Waals surface area (Å²) >= 11 is 9.77. The Bertz CT molecular complexity index is 973. The molecule has 0 unspecified atom stereocenters. The van der Waals surface area contributed by atoms with E-state index in [1.54, 1.807) is 0 Å². The Morgan fingerprint density at radius 2 is 1.69 bits per heavy atom. The molecule has 1 N–H and O–H groups in total. The summed E-state index contributed by atoms with van der Waals surface area (Å²) in [5.41, 5.74) is 5.61. The quantitative estimate of drug-likeness (QED) is 0.371. The van der Waals surface area contributed by atoms with Gasteiger partial charge in [0.1, 0.15) is 6.61 Å². The Hall–Kier alpha value is -2.17. The van der Waals surface area contributed by atoms with Gasteiger partial charge in [-0.1, -0.05) is 47.5 Å². The van der Waals surface area contributed by atoms with E-state index in [-0.39, 0.29) is 0 Å². The highest BCUT2D eigenvalue weighted by Crippen LogP contribution is 2.38. The summed E-state index contributed by atoms with van der Waals surface area (Å²) in [5, 5.41) is 4.16. The second-order valence-corrected chi connectivity index (χ2v) is 8.22. The fourth-order valence-corrected chi connectivity index (χ4v) is 3.72. The maximum atomic E-state index is 6.12. The summed E-state index contributed by atoms with van der Waals surface area (Å²) in [6.07, 6.45) is 0. The van der Waals surface area contributed by atoms with Gasteiger partial charge in [0.2, 0.25) is 0 Å². The second kappa shape index (κ2) is 10.0. The van der Waals surface area contributed by atoms with Gasteiger partial charge in [-0.3, -0.25) is 0 Å². The average molecular weight is 475 g/mol. The Balaban J connectivity index is 1.76. The molecule has 3 aromatic carbocycles. The normalized spacial score (nSPS) is 10.7. The zero-order valence-electron chi connectivity index (χ0n) is 16.9. The molecule has 0 fully saturated rings. The van der Waals surface area contributed by atoms with E-state index in [0.29, 0.717) is 24.8 Å². The van der Waals surface area contributed by atoms with Gasteiger partial charge in [0.15, 0.2) is 11.5 Å². The fraction of sp³-hybridized carbons (Fsp3) is 0.250. The molecule has 0 aliphatic heterocycles. The van der Waals surface area contributed by atoms with Gasteiger partial charge in [0.25, 0.3) is 0 Å². The summed E-state index contributed by atoms with van der Waals surface area (Å²) in [6.45, 7) is 7.81. The van der Waals surface area contributed by atoms with Crippen LogP contribution in [0.4, 0.5) is 5.69 Å². The van der Waals surface area contributed by atoms with Crippen LogP contribution >= 0.6 is 27.5 Å². The van der Waals surface area contributed by atoms with Crippen LogP contribution in [0.25, 0.3) is 0 Å². The van der Waals surface area contributed by atoms with Crippen LogP contribution in [0.15, 0.2) is 59.1 Å². The molecule has 0 aromatic heterocycles. The number of aryl methyl sites for hydroxylation is 2. The number of halogens is 2. The summed E-state index contributed by atoms with van der Waals surface area (Å²) in [6, 6.07) is 18.2. The number of rotatable bonds is 8. The first-order chi connectivity index (χ1) is 14.0. The molecule has 0 saturated carbocycles. The van der Waals surface area contributed by atoms with E-state index in [4.69, 9.17) is 21.1 Å². The van der Waals surface area contributed by atoms with E-state index in [0.717, 1.165) is 38.3 Å². The van der Waals surface area contributed by atoms with Crippen LogP contribution in [-0.4, -0.2) is 6.61 Å². The molecular formula is C24H25BrClNO2. The van der Waals surface area contributed by atoms with E-state index in [1.165, 1.54) is 5.56 Å². The smallest absolute Gasteiger partial charge is 0.175 e. The number of nitrogens with one attached hydrogen (secondary N) is 1. The van der Waals surface area contributed by atoms with Crippen molar-refractivity contribution < 1.29 is 9.47 Å². The first kappa shape index (κ1) is 21.5. The summed E-state index contributed by atoms with van der Waals surface area (Å²) in [4.78, 5) is 0. The highest BCUT2D eigenvalue weighted by atomic mass is 79.9. The van der Waals surface area contributed by atoms with Crippen LogP contribution in [0.5, 0.6) is 11.5 Å². The Labute approximate surface area is 186 Å². The van der Waals surface area contributed by atoms with E-state index >= 15 is 0 Å². The van der Waals surface area contributed by atoms with Gasteiger partial charge in [-0.05, 0) is 77.7 Å². The lowest BCUT2D eigenvalue weighted by Crippen LogP contribution is -2.04. The topological polar surface area (TPSA) is 30.5 Å². The van der Waals surface area contributed by atoms with Crippen molar-refractivity contribution in [1.82, 2.24) is 0 Å². The monoisotopic (exact) mass is 473 g/mol. The van der Waals surface area contributed by atoms with Crippen molar-refractivity contribution in [1.29, 1.82) is 0 Å². The first-order valence-corrected chi connectivity index (χ1v) is 10.8. The van der Waals surface area contributed by atoms with Gasteiger partial charge in [-0.2, -0.15) is 0 Å².